The van der Waals surface area contributed by atoms with Crippen LogP contribution in [0.4, 0.5) is 5.69 Å². The van der Waals surface area contributed by atoms with Crippen LogP contribution in [0.15, 0.2) is 22.7 Å². The van der Waals surface area contributed by atoms with Crippen LogP contribution in [0.25, 0.3) is 0 Å². The summed E-state index contributed by atoms with van der Waals surface area (Å²) in [4.78, 5) is 11.6. The Kier molecular flexibility index (Phi) is 2.12. The van der Waals surface area contributed by atoms with Gasteiger partial charge in [0.05, 0.1) is 12.0 Å². The van der Waals surface area contributed by atoms with E-state index in [1.165, 1.54) is 0 Å². The van der Waals surface area contributed by atoms with Gasteiger partial charge in [0.2, 0.25) is 5.91 Å². The zero-order chi connectivity index (χ0) is 10.3. The van der Waals surface area contributed by atoms with Crippen molar-refractivity contribution in [1.29, 1.82) is 0 Å². The normalized spacial score (nSPS) is 24.6. The van der Waals surface area contributed by atoms with Gasteiger partial charge in [0.1, 0.15) is 0 Å². The van der Waals surface area contributed by atoms with Crippen LogP contribution in [0, 0.1) is 0 Å². The first-order valence-electron chi connectivity index (χ1n) is 4.30. The van der Waals surface area contributed by atoms with Gasteiger partial charge in [0.15, 0.2) is 0 Å². The molecule has 74 valence electrons. The topological polar surface area (TPSA) is 49.3 Å². The molecule has 1 aliphatic rings. The van der Waals surface area contributed by atoms with Crippen molar-refractivity contribution in [1.82, 2.24) is 0 Å². The number of nitrogens with one attached hydrogen (secondary N) is 1. The first-order valence-corrected chi connectivity index (χ1v) is 5.09. The lowest BCUT2D eigenvalue weighted by molar-refractivity contribution is -0.121. The maximum absolute atomic E-state index is 11.6. The van der Waals surface area contributed by atoms with E-state index in [0.29, 0.717) is 0 Å². The average Bonchev–Trinajstić information content (AvgIpc) is 2.39. The number of benzene rings is 1. The van der Waals surface area contributed by atoms with Crippen LogP contribution in [0.2, 0.25) is 0 Å². The second-order valence-corrected chi connectivity index (χ2v) is 4.55. The Morgan fingerprint density at radius 3 is 2.93 bits per heavy atom. The summed E-state index contributed by atoms with van der Waals surface area (Å²) >= 11 is 3.33. The van der Waals surface area contributed by atoms with Crippen LogP contribution in [0.1, 0.15) is 12.5 Å². The smallest absolute Gasteiger partial charge is 0.237 e. The molecule has 1 amide bonds. The molecular weight excluding hydrogens is 246 g/mol. The molecule has 0 radical (unpaired) electrons. The number of carbonyl (C=O) groups is 1. The first kappa shape index (κ1) is 9.68. The van der Waals surface area contributed by atoms with Crippen LogP contribution < -0.4 is 5.32 Å². The largest absolute Gasteiger partial charge is 0.395 e. The third-order valence-electron chi connectivity index (χ3n) is 2.64. The van der Waals surface area contributed by atoms with Gasteiger partial charge < -0.3 is 10.4 Å². The molecule has 14 heavy (non-hydrogen) atoms. The van der Waals surface area contributed by atoms with E-state index in [-0.39, 0.29) is 12.5 Å². The van der Waals surface area contributed by atoms with Crippen molar-refractivity contribution in [2.45, 2.75) is 12.3 Å². The van der Waals surface area contributed by atoms with Crippen LogP contribution in [0.3, 0.4) is 0 Å². The Balaban J connectivity index is 2.59. The lowest BCUT2D eigenvalue weighted by Gasteiger charge is -2.18. The molecule has 0 aliphatic carbocycles. The quantitative estimate of drug-likeness (QED) is 0.802. The molecule has 0 bridgehead atoms. The minimum Gasteiger partial charge on any atom is -0.395 e. The summed E-state index contributed by atoms with van der Waals surface area (Å²) in [6.07, 6.45) is 0. The first-order chi connectivity index (χ1) is 6.58. The van der Waals surface area contributed by atoms with E-state index < -0.39 is 5.41 Å². The number of fused-ring (bicyclic) bond motifs is 1. The zero-order valence-electron chi connectivity index (χ0n) is 7.67. The summed E-state index contributed by atoms with van der Waals surface area (Å²) in [6.45, 7) is 1.57. The molecule has 1 unspecified atom stereocenters. The van der Waals surface area contributed by atoms with E-state index in [4.69, 9.17) is 0 Å². The molecule has 2 N–H and O–H groups in total. The Labute approximate surface area is 90.3 Å². The molecule has 3 nitrogen and oxygen atoms in total. The van der Waals surface area contributed by atoms with Gasteiger partial charge >= 0.3 is 0 Å². The number of halogens is 1. The molecule has 4 heteroatoms. The summed E-state index contributed by atoms with van der Waals surface area (Å²) in [5.41, 5.74) is 0.838. The zero-order valence-corrected chi connectivity index (χ0v) is 9.26. The van der Waals surface area contributed by atoms with Crippen molar-refractivity contribution in [2.75, 3.05) is 11.9 Å². The van der Waals surface area contributed by atoms with Crippen LogP contribution in [-0.4, -0.2) is 17.6 Å². The fourth-order valence-corrected chi connectivity index (χ4v) is 2.00. The number of carbonyl (C=O) groups excluding carboxylic acids is 1. The number of rotatable bonds is 1. The van der Waals surface area contributed by atoms with E-state index in [9.17, 15) is 9.90 Å². The molecule has 0 saturated heterocycles. The van der Waals surface area contributed by atoms with Gasteiger partial charge in [-0.25, -0.2) is 0 Å². The molecule has 0 fully saturated rings. The minimum atomic E-state index is -0.796. The highest BCUT2D eigenvalue weighted by molar-refractivity contribution is 9.10. The van der Waals surface area contributed by atoms with Gasteiger partial charge in [0.25, 0.3) is 0 Å². The van der Waals surface area contributed by atoms with Gasteiger partial charge in [-0.3, -0.25) is 4.79 Å². The van der Waals surface area contributed by atoms with Crippen LogP contribution in [-0.2, 0) is 10.2 Å². The SMILES string of the molecule is CC1(CO)C(=O)Nc2cc(Br)ccc21. The van der Waals surface area contributed by atoms with E-state index in [1.54, 1.807) is 6.92 Å². The third-order valence-corrected chi connectivity index (χ3v) is 3.13. The molecular formula is C10H10BrNO2. The second kappa shape index (κ2) is 3.07. The Morgan fingerprint density at radius 1 is 1.57 bits per heavy atom. The van der Waals surface area contributed by atoms with Crippen molar-refractivity contribution in [3.63, 3.8) is 0 Å². The van der Waals surface area contributed by atoms with Gasteiger partial charge in [-0.1, -0.05) is 22.0 Å². The highest BCUT2D eigenvalue weighted by atomic mass is 79.9. The molecule has 1 aliphatic heterocycles. The van der Waals surface area contributed by atoms with Crippen molar-refractivity contribution in [2.24, 2.45) is 0 Å². The molecule has 0 spiro atoms. The Bertz CT molecular complexity index is 405. The van der Waals surface area contributed by atoms with Crippen molar-refractivity contribution < 1.29 is 9.90 Å². The number of anilines is 1. The summed E-state index contributed by atoms with van der Waals surface area (Å²) in [7, 11) is 0. The maximum Gasteiger partial charge on any atom is 0.237 e. The van der Waals surface area contributed by atoms with Crippen molar-refractivity contribution in [3.8, 4) is 0 Å². The van der Waals surface area contributed by atoms with Crippen molar-refractivity contribution in [3.05, 3.63) is 28.2 Å². The summed E-state index contributed by atoms with van der Waals surface area (Å²) < 4.78 is 0.915. The lowest BCUT2D eigenvalue weighted by atomic mass is 9.85. The van der Waals surface area contributed by atoms with E-state index in [1.807, 2.05) is 18.2 Å². The van der Waals surface area contributed by atoms with E-state index in [2.05, 4.69) is 21.2 Å². The van der Waals surface area contributed by atoms with Gasteiger partial charge in [-0.2, -0.15) is 0 Å². The summed E-state index contributed by atoms with van der Waals surface area (Å²) in [5.74, 6) is -0.145. The predicted molar refractivity (Wildman–Crippen MR) is 57.2 cm³/mol. The number of hydrogen-bond acceptors (Lipinski definition) is 2. The monoisotopic (exact) mass is 255 g/mol. The van der Waals surface area contributed by atoms with E-state index >= 15 is 0 Å². The molecule has 0 aromatic heterocycles. The standard InChI is InChI=1S/C10H10BrNO2/c1-10(5-13)7-3-2-6(11)4-8(7)12-9(10)14/h2-4,13H,5H2,1H3,(H,12,14). The Morgan fingerprint density at radius 2 is 2.29 bits per heavy atom. The molecule has 0 saturated carbocycles. The highest BCUT2D eigenvalue weighted by Crippen LogP contribution is 2.38. The predicted octanol–water partition coefficient (Wildman–Crippen LogP) is 1.65. The fourth-order valence-electron chi connectivity index (χ4n) is 1.64. The average molecular weight is 256 g/mol. The summed E-state index contributed by atoms with van der Waals surface area (Å²) in [6, 6.07) is 5.56. The number of hydrogen-bond donors (Lipinski definition) is 2. The maximum atomic E-state index is 11.6. The minimum absolute atomic E-state index is 0.145. The summed E-state index contributed by atoms with van der Waals surface area (Å²) in [5, 5.41) is 12.0. The van der Waals surface area contributed by atoms with Gasteiger partial charge in [-0.15, -0.1) is 0 Å². The third kappa shape index (κ3) is 1.18. The number of aliphatic hydroxyl groups excluding tert-OH is 1. The molecule has 1 heterocycles. The van der Waals surface area contributed by atoms with Crippen LogP contribution in [0.5, 0.6) is 0 Å². The van der Waals surface area contributed by atoms with Crippen molar-refractivity contribution >= 4 is 27.5 Å². The van der Waals surface area contributed by atoms with Gasteiger partial charge in [-0.05, 0) is 24.6 Å². The number of aliphatic hydroxyl groups is 1. The fraction of sp³-hybridized carbons (Fsp3) is 0.300. The van der Waals surface area contributed by atoms with Crippen LogP contribution >= 0.6 is 15.9 Å². The lowest BCUT2D eigenvalue weighted by Crippen LogP contribution is -2.34. The molecule has 1 aromatic rings. The highest BCUT2D eigenvalue weighted by Gasteiger charge is 2.42. The molecule has 1 aromatic carbocycles. The molecule has 2 rings (SSSR count). The second-order valence-electron chi connectivity index (χ2n) is 3.63. The number of amides is 1. The van der Waals surface area contributed by atoms with E-state index in [0.717, 1.165) is 15.7 Å². The van der Waals surface area contributed by atoms with Gasteiger partial charge in [0, 0.05) is 10.2 Å². The Hall–Kier alpha value is -0.870. The molecule has 1 atom stereocenters.